The molecule has 80 valence electrons. The van der Waals surface area contributed by atoms with Crippen LogP contribution < -0.4 is 10.4 Å². The molecule has 4 nitrogen and oxygen atoms in total. The minimum absolute atomic E-state index is 0.105. The quantitative estimate of drug-likeness (QED) is 0.637. The molecule has 0 atom stereocenters. The third kappa shape index (κ3) is 1.09. The van der Waals surface area contributed by atoms with E-state index in [0.29, 0.717) is 11.0 Å². The van der Waals surface area contributed by atoms with Gasteiger partial charge in [0.2, 0.25) is 0 Å². The van der Waals surface area contributed by atoms with Crippen molar-refractivity contribution in [3.05, 3.63) is 44.3 Å². The van der Waals surface area contributed by atoms with Crippen LogP contribution in [0.15, 0.2) is 33.9 Å². The summed E-state index contributed by atoms with van der Waals surface area (Å²) in [6, 6.07) is 7.59. The largest absolute Gasteiger partial charge is 0.326 e. The maximum atomic E-state index is 11.8. The second-order valence-corrected chi connectivity index (χ2v) is 4.61. The highest BCUT2D eigenvalue weighted by atomic mass is 32.1. The Bertz CT molecular complexity index is 810. The number of nitrogens with zero attached hydrogens (tertiary/aromatic N) is 1. The molecule has 0 bridgehead atoms. The summed E-state index contributed by atoms with van der Waals surface area (Å²) in [6.45, 7) is 0. The van der Waals surface area contributed by atoms with Crippen molar-refractivity contribution < 1.29 is 0 Å². The number of H-pyrrole nitrogens is 1. The number of nitrogens with one attached hydrogen (secondary N) is 1. The first-order valence-electron chi connectivity index (χ1n) is 4.79. The van der Waals surface area contributed by atoms with Gasteiger partial charge in [-0.15, -0.1) is 0 Å². The lowest BCUT2D eigenvalue weighted by Gasteiger charge is -1.99. The molecule has 0 amide bonds. The smallest absolute Gasteiger partial charge is 0.302 e. The minimum Gasteiger partial charge on any atom is -0.302 e. The number of aromatic nitrogens is 2. The van der Waals surface area contributed by atoms with Gasteiger partial charge in [-0.3, -0.25) is 9.36 Å². The maximum Gasteiger partial charge on any atom is 0.326 e. The lowest BCUT2D eigenvalue weighted by molar-refractivity contribution is 0.894. The standard InChI is InChI=1S/C11H8N2O2S/c1-13-9-6-4-2-3-5-7(6)16-10(14)8(9)12-11(13)15/h2-5H,1H3,(H,12,15). The molecule has 0 saturated carbocycles. The SMILES string of the molecule is Cn1c(=O)[nH]c2c(=O)sc3ccccc3c21. The molecule has 0 aliphatic heterocycles. The number of benzene rings is 1. The van der Waals surface area contributed by atoms with E-state index in [0.717, 1.165) is 21.4 Å². The second-order valence-electron chi connectivity index (χ2n) is 3.60. The van der Waals surface area contributed by atoms with Crippen molar-refractivity contribution in [2.75, 3.05) is 0 Å². The first kappa shape index (κ1) is 9.35. The van der Waals surface area contributed by atoms with Crippen molar-refractivity contribution >= 4 is 32.5 Å². The number of hydrogen-bond acceptors (Lipinski definition) is 3. The molecular weight excluding hydrogens is 224 g/mol. The third-order valence-electron chi connectivity index (χ3n) is 2.66. The van der Waals surface area contributed by atoms with Crippen LogP contribution in [0.4, 0.5) is 0 Å². The fourth-order valence-electron chi connectivity index (χ4n) is 1.88. The third-order valence-corrected chi connectivity index (χ3v) is 3.62. The Kier molecular flexibility index (Phi) is 1.79. The predicted octanol–water partition coefficient (Wildman–Crippen LogP) is 1.44. The summed E-state index contributed by atoms with van der Waals surface area (Å²) in [5, 5.41) is 0.933. The minimum atomic E-state index is -0.254. The number of aromatic amines is 1. The number of fused-ring (bicyclic) bond motifs is 3. The molecule has 3 aromatic rings. The van der Waals surface area contributed by atoms with Gasteiger partial charge in [-0.2, -0.15) is 0 Å². The van der Waals surface area contributed by atoms with Crippen molar-refractivity contribution in [2.24, 2.45) is 7.05 Å². The second kappa shape index (κ2) is 3.05. The van der Waals surface area contributed by atoms with E-state index in [1.807, 2.05) is 24.3 Å². The summed E-state index contributed by atoms with van der Waals surface area (Å²) in [4.78, 5) is 25.9. The lowest BCUT2D eigenvalue weighted by Crippen LogP contribution is -2.11. The van der Waals surface area contributed by atoms with E-state index in [9.17, 15) is 9.59 Å². The van der Waals surface area contributed by atoms with Crippen molar-refractivity contribution in [3.63, 3.8) is 0 Å². The zero-order chi connectivity index (χ0) is 11.3. The van der Waals surface area contributed by atoms with Gasteiger partial charge in [-0.1, -0.05) is 29.5 Å². The van der Waals surface area contributed by atoms with Gasteiger partial charge in [-0.05, 0) is 6.07 Å². The Balaban J connectivity index is 2.78. The summed E-state index contributed by atoms with van der Waals surface area (Å²) < 4.78 is 2.27. The van der Waals surface area contributed by atoms with Crippen LogP contribution in [-0.2, 0) is 7.05 Å². The lowest BCUT2D eigenvalue weighted by atomic mass is 10.2. The fourth-order valence-corrected chi connectivity index (χ4v) is 2.76. The Morgan fingerprint density at radius 3 is 2.81 bits per heavy atom. The van der Waals surface area contributed by atoms with E-state index in [-0.39, 0.29) is 10.4 Å². The van der Waals surface area contributed by atoms with E-state index < -0.39 is 0 Å². The summed E-state index contributed by atoms with van der Waals surface area (Å²) in [5.74, 6) is 0. The maximum absolute atomic E-state index is 11.8. The van der Waals surface area contributed by atoms with Gasteiger partial charge >= 0.3 is 5.69 Å². The Labute approximate surface area is 93.8 Å². The monoisotopic (exact) mass is 232 g/mol. The van der Waals surface area contributed by atoms with Crippen LogP contribution in [0.5, 0.6) is 0 Å². The van der Waals surface area contributed by atoms with Gasteiger partial charge in [0.05, 0.1) is 5.52 Å². The molecular formula is C11H8N2O2S. The molecule has 16 heavy (non-hydrogen) atoms. The van der Waals surface area contributed by atoms with Gasteiger partial charge in [0.1, 0.15) is 5.52 Å². The Morgan fingerprint density at radius 1 is 1.25 bits per heavy atom. The molecule has 3 rings (SSSR count). The van der Waals surface area contributed by atoms with Crippen LogP contribution in [-0.4, -0.2) is 9.55 Å². The average Bonchev–Trinajstić information content (AvgIpc) is 2.57. The van der Waals surface area contributed by atoms with Gasteiger partial charge in [0.15, 0.2) is 0 Å². The average molecular weight is 232 g/mol. The van der Waals surface area contributed by atoms with E-state index in [2.05, 4.69) is 4.98 Å². The van der Waals surface area contributed by atoms with Crippen molar-refractivity contribution in [2.45, 2.75) is 0 Å². The van der Waals surface area contributed by atoms with Gasteiger partial charge in [-0.25, -0.2) is 4.79 Å². The zero-order valence-electron chi connectivity index (χ0n) is 8.48. The summed E-state index contributed by atoms with van der Waals surface area (Å²) in [6.07, 6.45) is 0. The van der Waals surface area contributed by atoms with Crippen LogP contribution >= 0.6 is 11.3 Å². The molecule has 0 spiro atoms. The fraction of sp³-hybridized carbons (Fsp3) is 0.0909. The summed E-state index contributed by atoms with van der Waals surface area (Å²) in [7, 11) is 1.66. The van der Waals surface area contributed by atoms with Crippen molar-refractivity contribution in [1.82, 2.24) is 9.55 Å². The van der Waals surface area contributed by atoms with Gasteiger partial charge in [0, 0.05) is 17.1 Å². The summed E-state index contributed by atoms with van der Waals surface area (Å²) >= 11 is 1.15. The van der Waals surface area contributed by atoms with Crippen LogP contribution in [0.1, 0.15) is 0 Å². The van der Waals surface area contributed by atoms with E-state index >= 15 is 0 Å². The molecule has 0 aliphatic rings. The Hall–Kier alpha value is -1.88. The molecule has 0 unspecified atom stereocenters. The van der Waals surface area contributed by atoms with Crippen LogP contribution in [0.3, 0.4) is 0 Å². The number of imidazole rings is 1. The summed E-state index contributed by atoms with van der Waals surface area (Å²) in [5.41, 5.74) is 0.830. The number of rotatable bonds is 0. The molecule has 1 N–H and O–H groups in total. The highest BCUT2D eigenvalue weighted by Gasteiger charge is 2.10. The zero-order valence-corrected chi connectivity index (χ0v) is 9.30. The van der Waals surface area contributed by atoms with E-state index in [4.69, 9.17) is 0 Å². The van der Waals surface area contributed by atoms with E-state index in [1.54, 1.807) is 7.05 Å². The van der Waals surface area contributed by atoms with Gasteiger partial charge < -0.3 is 4.98 Å². The molecule has 1 aromatic carbocycles. The molecule has 0 aliphatic carbocycles. The molecule has 0 fully saturated rings. The van der Waals surface area contributed by atoms with Crippen LogP contribution in [0, 0.1) is 0 Å². The van der Waals surface area contributed by atoms with E-state index in [1.165, 1.54) is 4.57 Å². The predicted molar refractivity (Wildman–Crippen MR) is 65.2 cm³/mol. The van der Waals surface area contributed by atoms with Crippen molar-refractivity contribution in [3.8, 4) is 0 Å². The molecule has 5 heteroatoms. The normalized spacial score (nSPS) is 11.3. The first-order valence-corrected chi connectivity index (χ1v) is 5.60. The van der Waals surface area contributed by atoms with Crippen LogP contribution in [0.2, 0.25) is 0 Å². The van der Waals surface area contributed by atoms with Crippen molar-refractivity contribution in [1.29, 1.82) is 0 Å². The molecule has 2 heterocycles. The number of hydrogen-bond donors (Lipinski definition) is 1. The molecule has 0 saturated heterocycles. The topological polar surface area (TPSA) is 54.9 Å². The number of aryl methyl sites for hydroxylation is 1. The first-order chi connectivity index (χ1) is 7.68. The highest BCUT2D eigenvalue weighted by molar-refractivity contribution is 7.16. The highest BCUT2D eigenvalue weighted by Crippen LogP contribution is 2.22. The van der Waals surface area contributed by atoms with Crippen LogP contribution in [0.25, 0.3) is 21.1 Å². The Morgan fingerprint density at radius 2 is 2.00 bits per heavy atom. The van der Waals surface area contributed by atoms with Gasteiger partial charge in [0.25, 0.3) is 4.74 Å². The molecule has 2 aromatic heterocycles. The molecule has 0 radical (unpaired) electrons.